The predicted octanol–water partition coefficient (Wildman–Crippen LogP) is 1.57. The zero-order valence-electron chi connectivity index (χ0n) is 15.5. The average Bonchev–Trinajstić information content (AvgIpc) is 2.70. The maximum absolute atomic E-state index is 10.1. The Kier molecular flexibility index (Phi) is 5.29. The molecule has 0 aromatic heterocycles. The van der Waals surface area contributed by atoms with Gasteiger partial charge < -0.3 is 15.5 Å². The number of aliphatic hydroxyl groups is 2. The van der Waals surface area contributed by atoms with Crippen molar-refractivity contribution >= 4 is 0 Å². The zero-order valence-corrected chi connectivity index (χ0v) is 15.5. The third-order valence-corrected chi connectivity index (χ3v) is 5.85. The fourth-order valence-electron chi connectivity index (χ4n) is 4.29. The Hall–Kier alpha value is -2.16. The van der Waals surface area contributed by atoms with Crippen molar-refractivity contribution in [2.45, 2.75) is 37.1 Å². The Labute approximate surface area is 160 Å². The molecule has 2 aliphatic rings. The summed E-state index contributed by atoms with van der Waals surface area (Å²) in [4.78, 5) is 2.30. The number of benzene rings is 2. The fourth-order valence-corrected chi connectivity index (χ4v) is 4.29. The summed E-state index contributed by atoms with van der Waals surface area (Å²) >= 11 is 0. The van der Waals surface area contributed by atoms with Gasteiger partial charge in [0, 0.05) is 48.8 Å². The van der Waals surface area contributed by atoms with Crippen molar-refractivity contribution in [3.05, 3.63) is 71.3 Å². The number of rotatable bonds is 1. The highest BCUT2D eigenvalue weighted by molar-refractivity contribution is 5.44. The summed E-state index contributed by atoms with van der Waals surface area (Å²) in [5.41, 5.74) is 3.35. The van der Waals surface area contributed by atoms with Crippen molar-refractivity contribution < 1.29 is 10.2 Å². The van der Waals surface area contributed by atoms with E-state index in [-0.39, 0.29) is 0 Å². The molecule has 4 rings (SSSR count). The van der Waals surface area contributed by atoms with Gasteiger partial charge in [-0.2, -0.15) is 0 Å². The molecule has 4 heteroatoms. The van der Waals surface area contributed by atoms with Gasteiger partial charge in [0.1, 0.15) is 0 Å². The standard InChI is InChI=1S/C23H26N2O2/c1-16-23(20-13-24-14-21(26)22(27)15-25(16)20)19-11-9-18(10-12-19)8-7-17-5-3-2-4-6-17/h2-6,9-12,16,20-24,26-27H,13-15H2,1H3/t16-,20+,21?,22?,23-/m1/s1. The van der Waals surface area contributed by atoms with Crippen LogP contribution in [-0.4, -0.2) is 59.0 Å². The van der Waals surface area contributed by atoms with Gasteiger partial charge in [-0.25, -0.2) is 0 Å². The van der Waals surface area contributed by atoms with E-state index in [1.54, 1.807) is 0 Å². The average molecular weight is 362 g/mol. The van der Waals surface area contributed by atoms with E-state index in [1.807, 2.05) is 30.3 Å². The van der Waals surface area contributed by atoms with E-state index < -0.39 is 12.2 Å². The minimum atomic E-state index is -0.695. The minimum Gasteiger partial charge on any atom is -0.389 e. The first-order chi connectivity index (χ1) is 13.1. The van der Waals surface area contributed by atoms with Crippen LogP contribution in [0.25, 0.3) is 0 Å². The Bertz CT molecular complexity index is 825. The molecule has 0 spiro atoms. The Morgan fingerprint density at radius 3 is 2.26 bits per heavy atom. The molecule has 27 heavy (non-hydrogen) atoms. The highest BCUT2D eigenvalue weighted by Gasteiger charge is 2.47. The molecule has 140 valence electrons. The normalized spacial score (nSPS) is 30.9. The lowest BCUT2D eigenvalue weighted by Crippen LogP contribution is -2.68. The molecule has 2 aromatic carbocycles. The van der Waals surface area contributed by atoms with Gasteiger partial charge in [-0.3, -0.25) is 4.90 Å². The van der Waals surface area contributed by atoms with E-state index in [9.17, 15) is 10.2 Å². The molecular weight excluding hydrogens is 336 g/mol. The van der Waals surface area contributed by atoms with Crippen LogP contribution in [0.1, 0.15) is 29.5 Å². The summed E-state index contributed by atoms with van der Waals surface area (Å²) in [6.07, 6.45) is -1.39. The summed E-state index contributed by atoms with van der Waals surface area (Å²) in [5.74, 6) is 6.85. The number of nitrogens with zero attached hydrogens (tertiary/aromatic N) is 1. The van der Waals surface area contributed by atoms with Crippen LogP contribution >= 0.6 is 0 Å². The highest BCUT2D eigenvalue weighted by atomic mass is 16.3. The van der Waals surface area contributed by atoms with Crippen molar-refractivity contribution in [3.63, 3.8) is 0 Å². The van der Waals surface area contributed by atoms with E-state index >= 15 is 0 Å². The maximum atomic E-state index is 10.1. The third-order valence-electron chi connectivity index (χ3n) is 5.85. The van der Waals surface area contributed by atoms with Crippen LogP contribution in [0.5, 0.6) is 0 Å². The Morgan fingerprint density at radius 2 is 1.56 bits per heavy atom. The number of β-amino-alcohol motifs (C(OH)–C–C–N with tert-alkyl or cyclic N) is 1. The molecule has 4 nitrogen and oxygen atoms in total. The van der Waals surface area contributed by atoms with Gasteiger partial charge in [0.2, 0.25) is 0 Å². The van der Waals surface area contributed by atoms with Crippen LogP contribution in [-0.2, 0) is 0 Å². The van der Waals surface area contributed by atoms with E-state index in [4.69, 9.17) is 0 Å². The Balaban J connectivity index is 1.47. The molecule has 2 aliphatic heterocycles. The molecule has 0 bridgehead atoms. The van der Waals surface area contributed by atoms with Gasteiger partial charge in [-0.05, 0) is 36.8 Å². The molecule has 5 atom stereocenters. The first-order valence-electron chi connectivity index (χ1n) is 9.63. The van der Waals surface area contributed by atoms with Crippen LogP contribution in [0.4, 0.5) is 0 Å². The lowest BCUT2D eigenvalue weighted by molar-refractivity contribution is -0.0797. The predicted molar refractivity (Wildman–Crippen MR) is 106 cm³/mol. The van der Waals surface area contributed by atoms with Crippen LogP contribution in [0.2, 0.25) is 0 Å². The monoisotopic (exact) mass is 362 g/mol. The molecule has 0 saturated carbocycles. The number of fused-ring (bicyclic) bond motifs is 1. The first kappa shape index (κ1) is 18.2. The SMILES string of the molecule is C[C@@H]1[C@H](c2ccc(C#Cc3ccccc3)cc2)[C@@H]2CNCC(O)C(O)CN12. The second-order valence-electron chi connectivity index (χ2n) is 7.56. The van der Waals surface area contributed by atoms with Crippen molar-refractivity contribution in [1.29, 1.82) is 0 Å². The number of nitrogens with one attached hydrogen (secondary N) is 1. The van der Waals surface area contributed by atoms with Gasteiger partial charge in [-0.1, -0.05) is 42.2 Å². The van der Waals surface area contributed by atoms with E-state index in [2.05, 4.69) is 53.2 Å². The van der Waals surface area contributed by atoms with Gasteiger partial charge in [0.25, 0.3) is 0 Å². The second-order valence-corrected chi connectivity index (χ2v) is 7.56. The fraction of sp³-hybridized carbons (Fsp3) is 0.391. The van der Waals surface area contributed by atoms with Gasteiger partial charge in [0.15, 0.2) is 0 Å². The molecule has 2 heterocycles. The largest absolute Gasteiger partial charge is 0.389 e. The smallest absolute Gasteiger partial charge is 0.0938 e. The van der Waals surface area contributed by atoms with Crippen molar-refractivity contribution in [3.8, 4) is 11.8 Å². The topological polar surface area (TPSA) is 55.7 Å². The second kappa shape index (κ2) is 7.84. The maximum Gasteiger partial charge on any atom is 0.0938 e. The third kappa shape index (κ3) is 3.78. The van der Waals surface area contributed by atoms with E-state index in [1.165, 1.54) is 5.56 Å². The molecular formula is C23H26N2O2. The van der Waals surface area contributed by atoms with E-state index in [0.717, 1.165) is 17.7 Å². The van der Waals surface area contributed by atoms with Gasteiger partial charge in [-0.15, -0.1) is 0 Å². The van der Waals surface area contributed by atoms with Gasteiger partial charge in [0.05, 0.1) is 12.2 Å². The molecule has 2 fully saturated rings. The minimum absolute atomic E-state index is 0.345. The van der Waals surface area contributed by atoms with Crippen molar-refractivity contribution in [2.24, 2.45) is 0 Å². The Morgan fingerprint density at radius 1 is 0.889 bits per heavy atom. The molecule has 0 radical (unpaired) electrons. The highest BCUT2D eigenvalue weighted by Crippen LogP contribution is 2.40. The lowest BCUT2D eigenvalue weighted by Gasteiger charge is -2.56. The molecule has 0 aliphatic carbocycles. The summed E-state index contributed by atoms with van der Waals surface area (Å²) in [5, 5.41) is 23.3. The van der Waals surface area contributed by atoms with E-state index in [0.29, 0.717) is 31.1 Å². The van der Waals surface area contributed by atoms with Crippen LogP contribution < -0.4 is 5.32 Å². The van der Waals surface area contributed by atoms with Crippen LogP contribution in [0.15, 0.2) is 54.6 Å². The van der Waals surface area contributed by atoms with Crippen LogP contribution in [0.3, 0.4) is 0 Å². The summed E-state index contributed by atoms with van der Waals surface area (Å²) in [6, 6.07) is 19.2. The number of hydrogen-bond acceptors (Lipinski definition) is 4. The first-order valence-corrected chi connectivity index (χ1v) is 9.63. The van der Waals surface area contributed by atoms with Crippen molar-refractivity contribution in [1.82, 2.24) is 10.2 Å². The summed E-state index contributed by atoms with van der Waals surface area (Å²) in [7, 11) is 0. The quantitative estimate of drug-likeness (QED) is 0.674. The molecule has 2 aromatic rings. The van der Waals surface area contributed by atoms with Crippen molar-refractivity contribution in [2.75, 3.05) is 19.6 Å². The summed E-state index contributed by atoms with van der Waals surface area (Å²) in [6.45, 7) is 4.01. The van der Waals surface area contributed by atoms with Crippen LogP contribution in [0, 0.1) is 11.8 Å². The molecule has 2 saturated heterocycles. The lowest BCUT2D eigenvalue weighted by atomic mass is 9.75. The zero-order chi connectivity index (χ0) is 18.8. The molecule has 2 unspecified atom stereocenters. The summed E-state index contributed by atoms with van der Waals surface area (Å²) < 4.78 is 0. The molecule has 0 amide bonds. The van der Waals surface area contributed by atoms with Gasteiger partial charge >= 0.3 is 0 Å². The molecule has 3 N–H and O–H groups in total. The number of hydrogen-bond donors (Lipinski definition) is 3. The number of aliphatic hydroxyl groups excluding tert-OH is 2.